The molecule has 2 nitrogen and oxygen atoms in total. The number of benzene rings is 9. The minimum absolute atomic E-state index is 1.11. The van der Waals surface area contributed by atoms with Crippen LogP contribution in [0.3, 0.4) is 0 Å². The van der Waals surface area contributed by atoms with Gasteiger partial charge in [0.05, 0.1) is 16.7 Å². The molecule has 11 aromatic rings. The summed E-state index contributed by atoms with van der Waals surface area (Å²) in [6.45, 7) is 0. The van der Waals surface area contributed by atoms with Crippen molar-refractivity contribution in [2.24, 2.45) is 0 Å². The Bertz CT molecular complexity index is 3230. The minimum atomic E-state index is 1.11. The molecule has 2 heterocycles. The smallest absolute Gasteiger partial charge is 0.0555 e. The zero-order chi connectivity index (χ0) is 37.7. The molecule has 0 fully saturated rings. The molecular formula is C54H36N2S. The Morgan fingerprint density at radius 1 is 0.333 bits per heavy atom. The Balaban J connectivity index is 1.03. The van der Waals surface area contributed by atoms with E-state index in [4.69, 9.17) is 0 Å². The third-order valence-electron chi connectivity index (χ3n) is 11.2. The second-order valence-corrected chi connectivity index (χ2v) is 15.6. The van der Waals surface area contributed by atoms with Crippen LogP contribution in [0.2, 0.25) is 0 Å². The first-order valence-electron chi connectivity index (χ1n) is 19.4. The number of fused-ring (bicyclic) bond motifs is 6. The Kier molecular flexibility index (Phi) is 8.04. The Morgan fingerprint density at radius 3 is 1.68 bits per heavy atom. The molecule has 0 radical (unpaired) electrons. The van der Waals surface area contributed by atoms with Gasteiger partial charge in [-0.2, -0.15) is 0 Å². The van der Waals surface area contributed by atoms with Crippen molar-refractivity contribution in [3.8, 4) is 39.1 Å². The average molecular weight is 745 g/mol. The van der Waals surface area contributed by atoms with Crippen molar-refractivity contribution in [2.75, 3.05) is 4.90 Å². The lowest BCUT2D eigenvalue weighted by Gasteiger charge is -2.26. The van der Waals surface area contributed by atoms with E-state index in [0.717, 1.165) is 17.1 Å². The van der Waals surface area contributed by atoms with Crippen LogP contribution in [0, 0.1) is 0 Å². The topological polar surface area (TPSA) is 8.17 Å². The lowest BCUT2D eigenvalue weighted by atomic mass is 9.93. The monoisotopic (exact) mass is 744 g/mol. The fourth-order valence-electron chi connectivity index (χ4n) is 8.60. The second kappa shape index (κ2) is 13.8. The van der Waals surface area contributed by atoms with Crippen LogP contribution in [0.25, 0.3) is 81.0 Å². The van der Waals surface area contributed by atoms with Crippen LogP contribution in [0.1, 0.15) is 0 Å². The Hall–Kier alpha value is -7.20. The van der Waals surface area contributed by atoms with E-state index in [0.29, 0.717) is 0 Å². The van der Waals surface area contributed by atoms with Gasteiger partial charge in [0.1, 0.15) is 0 Å². The maximum atomic E-state index is 2.47. The van der Waals surface area contributed by atoms with E-state index in [1.165, 1.54) is 81.0 Å². The van der Waals surface area contributed by atoms with Crippen molar-refractivity contribution in [3.05, 3.63) is 218 Å². The highest BCUT2D eigenvalue weighted by Crippen LogP contribution is 2.43. The highest BCUT2D eigenvalue weighted by molar-refractivity contribution is 7.25. The molecule has 0 saturated carbocycles. The number of thiophene rings is 1. The minimum Gasteiger partial charge on any atom is -0.310 e. The molecule has 0 spiro atoms. The number of hydrogen-bond acceptors (Lipinski definition) is 2. The van der Waals surface area contributed by atoms with Gasteiger partial charge in [-0.25, -0.2) is 0 Å². The van der Waals surface area contributed by atoms with Crippen molar-refractivity contribution in [2.45, 2.75) is 0 Å². The van der Waals surface area contributed by atoms with Crippen molar-refractivity contribution in [1.29, 1.82) is 0 Å². The van der Waals surface area contributed by atoms with Crippen LogP contribution >= 0.6 is 11.3 Å². The summed E-state index contributed by atoms with van der Waals surface area (Å²) in [5.74, 6) is 0. The maximum absolute atomic E-state index is 2.47. The summed E-state index contributed by atoms with van der Waals surface area (Å²) < 4.78 is 5.09. The average Bonchev–Trinajstić information content (AvgIpc) is 3.83. The zero-order valence-electron chi connectivity index (χ0n) is 31.1. The number of anilines is 3. The molecule has 11 rings (SSSR count). The van der Waals surface area contributed by atoms with Crippen molar-refractivity contribution < 1.29 is 0 Å². The van der Waals surface area contributed by atoms with Crippen LogP contribution in [0.15, 0.2) is 218 Å². The number of aromatic nitrogens is 1. The highest BCUT2D eigenvalue weighted by Gasteiger charge is 2.19. The quantitative estimate of drug-likeness (QED) is 0.158. The first-order valence-corrected chi connectivity index (χ1v) is 20.2. The van der Waals surface area contributed by atoms with Gasteiger partial charge < -0.3 is 9.47 Å². The van der Waals surface area contributed by atoms with Crippen LogP contribution in [-0.2, 0) is 0 Å². The molecule has 268 valence electrons. The van der Waals surface area contributed by atoms with Gasteiger partial charge in [0, 0.05) is 48.0 Å². The van der Waals surface area contributed by atoms with E-state index in [-0.39, 0.29) is 0 Å². The van der Waals surface area contributed by atoms with Gasteiger partial charge in [0.2, 0.25) is 0 Å². The third-order valence-corrected chi connectivity index (χ3v) is 12.3. The summed E-state index contributed by atoms with van der Waals surface area (Å²) in [5, 5.41) is 5.12. The van der Waals surface area contributed by atoms with E-state index < -0.39 is 0 Å². The van der Waals surface area contributed by atoms with Gasteiger partial charge in [0.25, 0.3) is 0 Å². The molecule has 0 aliphatic heterocycles. The highest BCUT2D eigenvalue weighted by atomic mass is 32.1. The van der Waals surface area contributed by atoms with Crippen LogP contribution < -0.4 is 4.90 Å². The van der Waals surface area contributed by atoms with E-state index in [2.05, 4.69) is 228 Å². The van der Waals surface area contributed by atoms with E-state index in [1.807, 2.05) is 11.3 Å². The summed E-state index contributed by atoms with van der Waals surface area (Å²) in [4.78, 5) is 2.35. The van der Waals surface area contributed by atoms with Gasteiger partial charge in [-0.15, -0.1) is 11.3 Å². The summed E-state index contributed by atoms with van der Waals surface area (Å²) in [5.41, 5.74) is 14.2. The summed E-state index contributed by atoms with van der Waals surface area (Å²) in [6, 6.07) is 79.3. The van der Waals surface area contributed by atoms with E-state index >= 15 is 0 Å². The standard InChI is InChI=1S/C54H36N2S/c1-3-15-37(16-4-1)38-29-32-42(33-30-38)55(41-18-5-2-6-19-41)43-20-13-17-39(35-43)44-21-7-8-22-45(44)40-31-34-50-48(36-40)46-23-9-11-25-49(46)56(50)51-26-14-28-53-54(51)47-24-10-12-27-52(47)57-53/h1-36H. The lowest BCUT2D eigenvalue weighted by molar-refractivity contribution is 1.20. The number of rotatable bonds is 7. The molecule has 0 atom stereocenters. The number of para-hydroxylation sites is 2. The Morgan fingerprint density at radius 2 is 0.877 bits per heavy atom. The van der Waals surface area contributed by atoms with Crippen molar-refractivity contribution in [1.82, 2.24) is 4.57 Å². The summed E-state index contributed by atoms with van der Waals surface area (Å²) in [6.07, 6.45) is 0. The zero-order valence-corrected chi connectivity index (χ0v) is 31.9. The van der Waals surface area contributed by atoms with Gasteiger partial charge in [-0.05, 0) is 106 Å². The fourth-order valence-corrected chi connectivity index (χ4v) is 9.73. The van der Waals surface area contributed by atoms with Crippen molar-refractivity contribution >= 4 is 70.4 Å². The Labute approximate surface area is 335 Å². The summed E-state index contributed by atoms with van der Waals surface area (Å²) >= 11 is 1.87. The van der Waals surface area contributed by atoms with Gasteiger partial charge >= 0.3 is 0 Å². The first kappa shape index (κ1) is 33.2. The molecule has 0 unspecified atom stereocenters. The fraction of sp³-hybridized carbons (Fsp3) is 0. The molecule has 2 aromatic heterocycles. The number of nitrogens with zero attached hydrogens (tertiary/aromatic N) is 2. The van der Waals surface area contributed by atoms with Crippen LogP contribution in [0.4, 0.5) is 17.1 Å². The molecular weight excluding hydrogens is 709 g/mol. The largest absolute Gasteiger partial charge is 0.310 e. The van der Waals surface area contributed by atoms with Gasteiger partial charge in [-0.3, -0.25) is 0 Å². The molecule has 0 saturated heterocycles. The second-order valence-electron chi connectivity index (χ2n) is 14.5. The molecule has 0 aliphatic carbocycles. The molecule has 0 aliphatic rings. The molecule has 0 amide bonds. The predicted molar refractivity (Wildman–Crippen MR) is 245 cm³/mol. The van der Waals surface area contributed by atoms with Gasteiger partial charge in [-0.1, -0.05) is 146 Å². The molecule has 57 heavy (non-hydrogen) atoms. The van der Waals surface area contributed by atoms with Crippen molar-refractivity contribution in [3.63, 3.8) is 0 Å². The van der Waals surface area contributed by atoms with Crippen LogP contribution in [0.5, 0.6) is 0 Å². The van der Waals surface area contributed by atoms with Gasteiger partial charge in [0.15, 0.2) is 0 Å². The first-order chi connectivity index (χ1) is 28.3. The predicted octanol–water partition coefficient (Wildman–Crippen LogP) is 15.6. The number of hydrogen-bond donors (Lipinski definition) is 0. The van der Waals surface area contributed by atoms with Crippen LogP contribution in [-0.4, -0.2) is 4.57 Å². The lowest BCUT2D eigenvalue weighted by Crippen LogP contribution is -2.09. The summed E-state index contributed by atoms with van der Waals surface area (Å²) in [7, 11) is 0. The molecule has 0 bridgehead atoms. The van der Waals surface area contributed by atoms with E-state index in [9.17, 15) is 0 Å². The third kappa shape index (κ3) is 5.71. The molecule has 9 aromatic carbocycles. The maximum Gasteiger partial charge on any atom is 0.0555 e. The molecule has 0 N–H and O–H groups in total. The normalized spacial score (nSPS) is 11.5. The van der Waals surface area contributed by atoms with E-state index in [1.54, 1.807) is 0 Å². The molecule has 3 heteroatoms. The SMILES string of the molecule is c1ccc(-c2ccc(N(c3ccccc3)c3cccc(-c4ccccc4-c4ccc5c(c4)c4ccccc4n5-c4cccc5sc6ccccc6c45)c3)cc2)cc1.